The number of aromatic nitrogens is 2. The van der Waals surface area contributed by atoms with Crippen molar-refractivity contribution in [1.29, 1.82) is 0 Å². The van der Waals surface area contributed by atoms with Gasteiger partial charge in [-0.15, -0.1) is 0 Å². The van der Waals surface area contributed by atoms with Gasteiger partial charge in [0.15, 0.2) is 6.61 Å². The average molecular weight is 364 g/mol. The predicted molar refractivity (Wildman–Crippen MR) is 97.0 cm³/mol. The fourth-order valence-electron chi connectivity index (χ4n) is 2.83. The molecule has 0 bridgehead atoms. The lowest BCUT2D eigenvalue weighted by molar-refractivity contribution is -0.148. The Labute approximate surface area is 151 Å². The Bertz CT molecular complexity index is 771. The number of hydrogen-bond acceptors (Lipinski definition) is 4. The van der Waals surface area contributed by atoms with Crippen LogP contribution in [0.15, 0.2) is 12.1 Å². The highest BCUT2D eigenvalue weighted by atomic mass is 35.5. The fourth-order valence-corrected chi connectivity index (χ4v) is 3.20. The number of anilines is 1. The fraction of sp³-hybridized carbons (Fsp3) is 0.389. The largest absolute Gasteiger partial charge is 0.455 e. The normalized spacial score (nSPS) is 11.9. The second-order valence-electron chi connectivity index (χ2n) is 6.16. The Morgan fingerprint density at radius 1 is 1.28 bits per heavy atom. The van der Waals surface area contributed by atoms with Crippen LogP contribution in [0.2, 0.25) is 5.02 Å². The summed E-state index contributed by atoms with van der Waals surface area (Å²) < 4.78 is 5.14. The SMILES string of the molecule is Cc1cc(C)c(NC(=O)COC(=O)C(C)c2c(C)n[nH]c2C)c(Cl)c1. The highest BCUT2D eigenvalue weighted by Crippen LogP contribution is 2.27. The number of aromatic amines is 1. The highest BCUT2D eigenvalue weighted by molar-refractivity contribution is 6.34. The van der Waals surface area contributed by atoms with Gasteiger partial charge in [-0.2, -0.15) is 5.10 Å². The van der Waals surface area contributed by atoms with Crippen molar-refractivity contribution in [2.75, 3.05) is 11.9 Å². The lowest BCUT2D eigenvalue weighted by atomic mass is 9.99. The van der Waals surface area contributed by atoms with Gasteiger partial charge in [-0.3, -0.25) is 14.7 Å². The van der Waals surface area contributed by atoms with Crippen molar-refractivity contribution in [3.63, 3.8) is 0 Å². The van der Waals surface area contributed by atoms with Crippen molar-refractivity contribution in [3.8, 4) is 0 Å². The zero-order chi connectivity index (χ0) is 18.7. The summed E-state index contributed by atoms with van der Waals surface area (Å²) in [4.78, 5) is 24.3. The van der Waals surface area contributed by atoms with E-state index in [-0.39, 0.29) is 6.61 Å². The van der Waals surface area contributed by atoms with Crippen molar-refractivity contribution in [2.24, 2.45) is 0 Å². The number of esters is 1. The average Bonchev–Trinajstić information content (AvgIpc) is 2.86. The van der Waals surface area contributed by atoms with Crippen molar-refractivity contribution < 1.29 is 14.3 Å². The number of ether oxygens (including phenoxy) is 1. The second kappa shape index (κ2) is 7.70. The number of hydrogen-bond donors (Lipinski definition) is 2. The number of nitrogens with one attached hydrogen (secondary N) is 2. The number of amides is 1. The summed E-state index contributed by atoms with van der Waals surface area (Å²) >= 11 is 6.16. The van der Waals surface area contributed by atoms with Gasteiger partial charge in [0.2, 0.25) is 0 Å². The van der Waals surface area contributed by atoms with Crippen LogP contribution in [0.4, 0.5) is 5.69 Å². The Balaban J connectivity index is 1.97. The van der Waals surface area contributed by atoms with Crippen LogP contribution in [0.5, 0.6) is 0 Å². The number of H-pyrrole nitrogens is 1. The van der Waals surface area contributed by atoms with Crippen LogP contribution in [-0.4, -0.2) is 28.7 Å². The minimum absolute atomic E-state index is 0.372. The van der Waals surface area contributed by atoms with Gasteiger partial charge >= 0.3 is 5.97 Å². The second-order valence-corrected chi connectivity index (χ2v) is 6.57. The van der Waals surface area contributed by atoms with Gasteiger partial charge in [0.1, 0.15) is 0 Å². The number of halogens is 1. The number of carbonyl (C=O) groups excluding carboxylic acids is 2. The van der Waals surface area contributed by atoms with Gasteiger partial charge in [-0.05, 0) is 51.8 Å². The van der Waals surface area contributed by atoms with Gasteiger partial charge in [0.05, 0.1) is 22.3 Å². The van der Waals surface area contributed by atoms with Crippen molar-refractivity contribution >= 4 is 29.2 Å². The quantitative estimate of drug-likeness (QED) is 0.795. The van der Waals surface area contributed by atoms with E-state index >= 15 is 0 Å². The molecule has 7 heteroatoms. The summed E-state index contributed by atoms with van der Waals surface area (Å²) in [6, 6.07) is 3.68. The van der Waals surface area contributed by atoms with Gasteiger partial charge in [0.25, 0.3) is 5.91 Å². The van der Waals surface area contributed by atoms with E-state index in [2.05, 4.69) is 15.5 Å². The van der Waals surface area contributed by atoms with E-state index in [1.54, 1.807) is 13.0 Å². The van der Waals surface area contributed by atoms with E-state index < -0.39 is 17.8 Å². The smallest absolute Gasteiger partial charge is 0.313 e. The van der Waals surface area contributed by atoms with Crippen molar-refractivity contribution in [1.82, 2.24) is 10.2 Å². The summed E-state index contributed by atoms with van der Waals surface area (Å²) in [7, 11) is 0. The maximum absolute atomic E-state index is 12.2. The third kappa shape index (κ3) is 4.39. The monoisotopic (exact) mass is 363 g/mol. The molecule has 6 nitrogen and oxygen atoms in total. The Kier molecular flexibility index (Phi) is 5.85. The molecular weight excluding hydrogens is 342 g/mol. The number of nitrogens with zero attached hydrogens (tertiary/aromatic N) is 1. The molecule has 0 radical (unpaired) electrons. The van der Waals surface area contributed by atoms with Crippen LogP contribution in [0.3, 0.4) is 0 Å². The molecule has 2 rings (SSSR count). The van der Waals surface area contributed by atoms with Crippen LogP contribution in [0.1, 0.15) is 40.9 Å². The molecule has 1 atom stereocenters. The van der Waals surface area contributed by atoms with Gasteiger partial charge < -0.3 is 10.1 Å². The molecule has 0 aliphatic rings. The first-order chi connectivity index (χ1) is 11.7. The number of rotatable bonds is 5. The molecule has 0 spiro atoms. The topological polar surface area (TPSA) is 84.1 Å². The molecule has 2 N–H and O–H groups in total. The molecule has 1 aromatic heterocycles. The molecule has 25 heavy (non-hydrogen) atoms. The summed E-state index contributed by atoms with van der Waals surface area (Å²) in [5, 5.41) is 10.1. The van der Waals surface area contributed by atoms with E-state index in [4.69, 9.17) is 16.3 Å². The van der Waals surface area contributed by atoms with Crippen LogP contribution < -0.4 is 5.32 Å². The molecule has 2 aromatic rings. The van der Waals surface area contributed by atoms with Crippen molar-refractivity contribution in [3.05, 3.63) is 45.2 Å². The van der Waals surface area contributed by atoms with Crippen LogP contribution in [0.25, 0.3) is 0 Å². The number of benzene rings is 1. The highest BCUT2D eigenvalue weighted by Gasteiger charge is 2.23. The molecule has 0 fully saturated rings. The van der Waals surface area contributed by atoms with E-state index in [1.807, 2.05) is 33.8 Å². The van der Waals surface area contributed by atoms with E-state index in [0.29, 0.717) is 10.7 Å². The lowest BCUT2D eigenvalue weighted by Gasteiger charge is -2.14. The van der Waals surface area contributed by atoms with Crippen LogP contribution in [-0.2, 0) is 14.3 Å². The Morgan fingerprint density at radius 3 is 2.52 bits per heavy atom. The first kappa shape index (κ1) is 19.0. The van der Waals surface area contributed by atoms with Crippen LogP contribution in [0, 0.1) is 27.7 Å². The van der Waals surface area contributed by atoms with E-state index in [9.17, 15) is 9.59 Å². The lowest BCUT2D eigenvalue weighted by Crippen LogP contribution is -2.24. The maximum atomic E-state index is 12.2. The molecule has 1 heterocycles. The zero-order valence-corrected chi connectivity index (χ0v) is 15.7. The van der Waals surface area contributed by atoms with E-state index in [0.717, 1.165) is 28.1 Å². The summed E-state index contributed by atoms with van der Waals surface area (Å²) in [6.45, 7) is 8.79. The first-order valence-electron chi connectivity index (χ1n) is 7.95. The summed E-state index contributed by atoms with van der Waals surface area (Å²) in [6.07, 6.45) is 0. The molecule has 0 aliphatic heterocycles. The van der Waals surface area contributed by atoms with Crippen LogP contribution >= 0.6 is 11.6 Å². The minimum Gasteiger partial charge on any atom is -0.455 e. The Morgan fingerprint density at radius 2 is 1.96 bits per heavy atom. The first-order valence-corrected chi connectivity index (χ1v) is 8.33. The third-order valence-electron chi connectivity index (χ3n) is 4.01. The standard InChI is InChI=1S/C18H22ClN3O3/c1-9-6-10(2)17(14(19)7-9)20-15(23)8-25-18(24)11(3)16-12(4)21-22-13(16)5/h6-7,11H,8H2,1-5H3,(H,20,23)(H,21,22). The summed E-state index contributed by atoms with van der Waals surface area (Å²) in [5.41, 5.74) is 4.74. The van der Waals surface area contributed by atoms with Gasteiger partial charge in [0, 0.05) is 11.3 Å². The molecular formula is C18H22ClN3O3. The van der Waals surface area contributed by atoms with Gasteiger partial charge in [-0.25, -0.2) is 0 Å². The van der Waals surface area contributed by atoms with Crippen molar-refractivity contribution in [2.45, 2.75) is 40.5 Å². The maximum Gasteiger partial charge on any atom is 0.313 e. The number of aryl methyl sites for hydroxylation is 4. The molecule has 0 saturated carbocycles. The number of carbonyl (C=O) groups is 2. The molecule has 1 amide bonds. The van der Waals surface area contributed by atoms with E-state index in [1.165, 1.54) is 0 Å². The molecule has 134 valence electrons. The summed E-state index contributed by atoms with van der Waals surface area (Å²) in [5.74, 6) is -1.42. The Hall–Kier alpha value is -2.34. The van der Waals surface area contributed by atoms with Gasteiger partial charge in [-0.1, -0.05) is 17.7 Å². The molecule has 1 unspecified atom stereocenters. The molecule has 0 aliphatic carbocycles. The predicted octanol–water partition coefficient (Wildman–Crippen LogP) is 3.58. The molecule has 0 saturated heterocycles. The minimum atomic E-state index is -0.503. The molecule has 1 aromatic carbocycles. The zero-order valence-electron chi connectivity index (χ0n) is 15.0. The third-order valence-corrected chi connectivity index (χ3v) is 4.31.